The maximum atomic E-state index is 12.5. The van der Waals surface area contributed by atoms with Gasteiger partial charge in [-0.2, -0.15) is 0 Å². The number of nitrogens with one attached hydrogen (secondary N) is 2. The van der Waals surface area contributed by atoms with Crippen molar-refractivity contribution in [1.29, 1.82) is 0 Å². The van der Waals surface area contributed by atoms with Crippen LogP contribution in [0.5, 0.6) is 0 Å². The number of hydrogen-bond acceptors (Lipinski definition) is 3. The molecule has 0 aromatic heterocycles. The Balaban J connectivity index is 1.87. The molecule has 0 bridgehead atoms. The normalized spacial score (nSPS) is 22.1. The summed E-state index contributed by atoms with van der Waals surface area (Å²) in [6, 6.07) is 7.51. The van der Waals surface area contributed by atoms with Crippen LogP contribution < -0.4 is 10.2 Å². The lowest BCUT2D eigenvalue weighted by Crippen LogP contribution is -3.09. The third-order valence-corrected chi connectivity index (χ3v) is 4.17. The molecule has 0 radical (unpaired) electrons. The van der Waals surface area contributed by atoms with E-state index >= 15 is 0 Å². The highest BCUT2D eigenvalue weighted by molar-refractivity contribution is 5.93. The lowest BCUT2D eigenvalue weighted by Gasteiger charge is -2.35. The summed E-state index contributed by atoms with van der Waals surface area (Å²) in [6.07, 6.45) is 0.186. The van der Waals surface area contributed by atoms with Crippen LogP contribution in [0.4, 0.5) is 0 Å². The van der Waals surface area contributed by atoms with Gasteiger partial charge >= 0.3 is 0 Å². The minimum absolute atomic E-state index is 0.0898. The van der Waals surface area contributed by atoms with Crippen molar-refractivity contribution >= 4 is 11.8 Å². The van der Waals surface area contributed by atoms with Crippen molar-refractivity contribution in [2.75, 3.05) is 33.7 Å². The zero-order chi connectivity index (χ0) is 17.7. The van der Waals surface area contributed by atoms with Crippen LogP contribution in [0.3, 0.4) is 0 Å². The molecule has 0 saturated carbocycles. The standard InChI is InChI=1S/C18H27N3O3/c1-13-9-21(10-14(2)24-13)17(22)12-20(4)11-15-5-7-16(8-6-15)18(23)19-3/h5-8,13-14H,9-12H2,1-4H3,(H,19,23)/p+1/t13-,14-/m1/s1. The Bertz CT molecular complexity index is 563. The number of benzene rings is 1. The maximum Gasteiger partial charge on any atom is 0.277 e. The highest BCUT2D eigenvalue weighted by Crippen LogP contribution is 2.10. The van der Waals surface area contributed by atoms with E-state index in [4.69, 9.17) is 4.74 Å². The van der Waals surface area contributed by atoms with E-state index < -0.39 is 0 Å². The maximum absolute atomic E-state index is 12.5. The van der Waals surface area contributed by atoms with Gasteiger partial charge in [0.1, 0.15) is 6.54 Å². The third-order valence-electron chi connectivity index (χ3n) is 4.17. The number of morpholine rings is 1. The van der Waals surface area contributed by atoms with Gasteiger partial charge in [0.05, 0.1) is 19.3 Å². The number of ether oxygens (including phenoxy) is 1. The van der Waals surface area contributed by atoms with Gasteiger partial charge in [0.2, 0.25) is 0 Å². The van der Waals surface area contributed by atoms with Gasteiger partial charge in [-0.3, -0.25) is 9.59 Å². The summed E-state index contributed by atoms with van der Waals surface area (Å²) in [5.41, 5.74) is 1.75. The first-order valence-corrected chi connectivity index (χ1v) is 8.44. The van der Waals surface area contributed by atoms with E-state index in [0.717, 1.165) is 17.0 Å². The predicted octanol–water partition coefficient (Wildman–Crippen LogP) is -0.303. The van der Waals surface area contributed by atoms with Crippen molar-refractivity contribution in [1.82, 2.24) is 10.2 Å². The first-order valence-electron chi connectivity index (χ1n) is 8.44. The number of carbonyl (C=O) groups excluding carboxylic acids is 2. The van der Waals surface area contributed by atoms with Crippen molar-refractivity contribution in [2.24, 2.45) is 0 Å². The first-order chi connectivity index (χ1) is 11.4. The summed E-state index contributed by atoms with van der Waals surface area (Å²) < 4.78 is 5.67. The Morgan fingerprint density at radius 2 is 1.79 bits per heavy atom. The second-order valence-electron chi connectivity index (χ2n) is 6.64. The molecule has 1 fully saturated rings. The number of likely N-dealkylation sites (N-methyl/N-ethyl adjacent to an activating group) is 1. The smallest absolute Gasteiger partial charge is 0.277 e. The fourth-order valence-corrected chi connectivity index (χ4v) is 3.08. The fourth-order valence-electron chi connectivity index (χ4n) is 3.08. The van der Waals surface area contributed by atoms with Crippen LogP contribution in [0.2, 0.25) is 0 Å². The van der Waals surface area contributed by atoms with Gasteiger partial charge < -0.3 is 19.9 Å². The number of rotatable bonds is 5. The van der Waals surface area contributed by atoms with Crippen LogP contribution in [0.1, 0.15) is 29.8 Å². The van der Waals surface area contributed by atoms with Crippen LogP contribution in [0.15, 0.2) is 24.3 Å². The van der Waals surface area contributed by atoms with Gasteiger partial charge in [-0.25, -0.2) is 0 Å². The van der Waals surface area contributed by atoms with E-state index in [2.05, 4.69) is 5.32 Å². The molecule has 1 aliphatic heterocycles. The van der Waals surface area contributed by atoms with Gasteiger partial charge in [-0.1, -0.05) is 12.1 Å². The average Bonchev–Trinajstić information content (AvgIpc) is 2.53. The number of hydrogen-bond donors (Lipinski definition) is 2. The molecule has 6 heteroatoms. The van der Waals surface area contributed by atoms with Crippen LogP contribution in [0.25, 0.3) is 0 Å². The molecule has 1 unspecified atom stereocenters. The number of nitrogens with zero attached hydrogens (tertiary/aromatic N) is 1. The van der Waals surface area contributed by atoms with Crippen LogP contribution in [-0.2, 0) is 16.1 Å². The zero-order valence-electron chi connectivity index (χ0n) is 15.0. The molecule has 2 amide bonds. The lowest BCUT2D eigenvalue weighted by molar-refractivity contribution is -0.885. The number of amides is 2. The van der Waals surface area contributed by atoms with E-state index in [1.165, 1.54) is 0 Å². The molecule has 6 nitrogen and oxygen atoms in total. The molecule has 3 atom stereocenters. The molecule has 1 heterocycles. The topological polar surface area (TPSA) is 63.1 Å². The lowest BCUT2D eigenvalue weighted by atomic mass is 10.1. The fraction of sp³-hybridized carbons (Fsp3) is 0.556. The highest BCUT2D eigenvalue weighted by Gasteiger charge is 2.27. The van der Waals surface area contributed by atoms with Gasteiger partial charge in [-0.15, -0.1) is 0 Å². The van der Waals surface area contributed by atoms with Crippen LogP contribution in [-0.4, -0.2) is 62.7 Å². The molecule has 0 spiro atoms. The summed E-state index contributed by atoms with van der Waals surface area (Å²) in [6.45, 7) is 6.53. The first kappa shape index (κ1) is 18.4. The van der Waals surface area contributed by atoms with E-state index in [1.807, 2.05) is 50.1 Å². The van der Waals surface area contributed by atoms with Crippen molar-refractivity contribution in [3.05, 3.63) is 35.4 Å². The minimum atomic E-state index is -0.0898. The summed E-state index contributed by atoms with van der Waals surface area (Å²) in [7, 11) is 3.63. The minimum Gasteiger partial charge on any atom is -0.372 e. The SMILES string of the molecule is CNC(=O)c1ccc(C[NH+](C)CC(=O)N2C[C@@H](C)O[C@H](C)C2)cc1. The number of quaternary nitrogens is 1. The molecule has 1 aromatic rings. The van der Waals surface area contributed by atoms with Gasteiger partial charge in [0.15, 0.2) is 6.54 Å². The molecular weight excluding hydrogens is 306 g/mol. The molecule has 1 aromatic carbocycles. The average molecular weight is 334 g/mol. The van der Waals surface area contributed by atoms with Crippen LogP contribution >= 0.6 is 0 Å². The molecular formula is C18H28N3O3+. The Hall–Kier alpha value is -1.92. The van der Waals surface area contributed by atoms with Crippen LogP contribution in [0, 0.1) is 0 Å². The van der Waals surface area contributed by atoms with Crippen molar-refractivity contribution in [3.63, 3.8) is 0 Å². The summed E-state index contributed by atoms with van der Waals surface area (Å²) >= 11 is 0. The van der Waals surface area contributed by atoms with Gasteiger partial charge in [-0.05, 0) is 26.0 Å². The summed E-state index contributed by atoms with van der Waals surface area (Å²) in [4.78, 5) is 27.0. The molecule has 1 aliphatic rings. The van der Waals surface area contributed by atoms with E-state index in [9.17, 15) is 9.59 Å². The van der Waals surface area contributed by atoms with Crippen molar-refractivity contribution in [2.45, 2.75) is 32.6 Å². The van der Waals surface area contributed by atoms with E-state index in [0.29, 0.717) is 25.2 Å². The van der Waals surface area contributed by atoms with Crippen molar-refractivity contribution in [3.8, 4) is 0 Å². The molecule has 1 saturated heterocycles. The summed E-state index contributed by atoms with van der Waals surface area (Å²) in [5.74, 6) is 0.0736. The monoisotopic (exact) mass is 334 g/mol. The quantitative estimate of drug-likeness (QED) is 0.777. The number of carbonyl (C=O) groups is 2. The Morgan fingerprint density at radius 3 is 2.33 bits per heavy atom. The van der Waals surface area contributed by atoms with E-state index in [-0.39, 0.29) is 24.0 Å². The molecule has 24 heavy (non-hydrogen) atoms. The molecule has 132 valence electrons. The Morgan fingerprint density at radius 1 is 1.21 bits per heavy atom. The van der Waals surface area contributed by atoms with E-state index in [1.54, 1.807) is 7.05 Å². The molecule has 2 rings (SSSR count). The predicted molar refractivity (Wildman–Crippen MR) is 91.9 cm³/mol. The van der Waals surface area contributed by atoms with Gasteiger partial charge in [0, 0.05) is 31.3 Å². The zero-order valence-corrected chi connectivity index (χ0v) is 15.0. The van der Waals surface area contributed by atoms with Crippen molar-refractivity contribution < 1.29 is 19.2 Å². The summed E-state index contributed by atoms with van der Waals surface area (Å²) in [5, 5.41) is 2.61. The molecule has 0 aliphatic carbocycles. The second-order valence-corrected chi connectivity index (χ2v) is 6.64. The molecule has 2 N–H and O–H groups in total. The second kappa shape index (κ2) is 8.26. The van der Waals surface area contributed by atoms with Gasteiger partial charge in [0.25, 0.3) is 11.8 Å². The Labute approximate surface area is 143 Å². The highest BCUT2D eigenvalue weighted by atomic mass is 16.5. The largest absolute Gasteiger partial charge is 0.372 e. The Kier molecular flexibility index (Phi) is 6.34. The third kappa shape index (κ3) is 5.04.